The Morgan fingerprint density at radius 2 is 1.83 bits per heavy atom. The lowest BCUT2D eigenvalue weighted by Crippen LogP contribution is -2.40. The van der Waals surface area contributed by atoms with E-state index in [2.05, 4.69) is 60.2 Å². The van der Waals surface area contributed by atoms with Crippen LogP contribution in [0.25, 0.3) is 0 Å². The molecule has 30 heavy (non-hydrogen) atoms. The number of nitrogens with zero attached hydrogens (tertiary/aromatic N) is 3. The Balaban J connectivity index is 0.00000450. The lowest BCUT2D eigenvalue weighted by molar-refractivity contribution is 0.0536. The third-order valence-electron chi connectivity index (χ3n) is 5.44. The van der Waals surface area contributed by atoms with Crippen molar-refractivity contribution in [3.05, 3.63) is 35.4 Å². The van der Waals surface area contributed by atoms with Gasteiger partial charge in [0.05, 0.1) is 26.4 Å². The van der Waals surface area contributed by atoms with Gasteiger partial charge < -0.3 is 19.7 Å². The summed E-state index contributed by atoms with van der Waals surface area (Å²) in [5, 5.41) is 3.45. The van der Waals surface area contributed by atoms with Gasteiger partial charge in [-0.05, 0) is 37.6 Å². The predicted molar refractivity (Wildman–Crippen MR) is 136 cm³/mol. The summed E-state index contributed by atoms with van der Waals surface area (Å²) < 4.78 is 10.8. The van der Waals surface area contributed by atoms with Crippen molar-refractivity contribution in [1.82, 2.24) is 15.1 Å². The first-order valence-corrected chi connectivity index (χ1v) is 11.1. The highest BCUT2D eigenvalue weighted by atomic mass is 127. The van der Waals surface area contributed by atoms with Crippen molar-refractivity contribution in [2.45, 2.75) is 40.3 Å². The lowest BCUT2D eigenvalue weighted by Gasteiger charge is -2.22. The second kappa shape index (κ2) is 15.8. The number of aliphatic imine (C=N–C) groups is 1. The standard InChI is InChI=1S/C23H40N4O2.HI/c1-5-24-23(27-13-12-22(18-27)19-29-15-14-28-4)25-16-20-8-10-21(11-9-20)17-26(6-2)7-3;/h8-11,22H,5-7,12-19H2,1-4H3,(H,24,25);1H. The van der Waals surface area contributed by atoms with Gasteiger partial charge in [0, 0.05) is 39.2 Å². The van der Waals surface area contributed by atoms with Crippen molar-refractivity contribution in [2.24, 2.45) is 10.9 Å². The first-order chi connectivity index (χ1) is 14.2. The number of halogens is 1. The maximum atomic E-state index is 5.71. The number of methoxy groups -OCH3 is 1. The molecule has 0 amide bonds. The van der Waals surface area contributed by atoms with Gasteiger partial charge in [-0.15, -0.1) is 24.0 Å². The molecule has 1 aromatic carbocycles. The van der Waals surface area contributed by atoms with E-state index in [1.807, 2.05) is 0 Å². The van der Waals surface area contributed by atoms with Gasteiger partial charge in [0.25, 0.3) is 0 Å². The van der Waals surface area contributed by atoms with Crippen LogP contribution >= 0.6 is 24.0 Å². The SMILES string of the molecule is CCNC(=NCc1ccc(CN(CC)CC)cc1)N1CCC(COCCOC)C1.I. The van der Waals surface area contributed by atoms with Gasteiger partial charge >= 0.3 is 0 Å². The molecule has 7 heteroatoms. The van der Waals surface area contributed by atoms with Crippen molar-refractivity contribution in [2.75, 3.05) is 59.7 Å². The highest BCUT2D eigenvalue weighted by molar-refractivity contribution is 14.0. The van der Waals surface area contributed by atoms with Gasteiger partial charge in [-0.25, -0.2) is 4.99 Å². The fraction of sp³-hybridized carbons (Fsp3) is 0.696. The molecule has 0 radical (unpaired) electrons. The van der Waals surface area contributed by atoms with Crippen LogP contribution in [-0.2, 0) is 22.6 Å². The lowest BCUT2D eigenvalue weighted by atomic mass is 10.1. The summed E-state index contributed by atoms with van der Waals surface area (Å²) in [6, 6.07) is 8.89. The van der Waals surface area contributed by atoms with Gasteiger partial charge in [-0.3, -0.25) is 4.90 Å². The van der Waals surface area contributed by atoms with Crippen molar-refractivity contribution in [3.8, 4) is 0 Å². The molecule has 172 valence electrons. The van der Waals surface area contributed by atoms with Crippen molar-refractivity contribution in [1.29, 1.82) is 0 Å². The molecule has 1 heterocycles. The summed E-state index contributed by atoms with van der Waals surface area (Å²) in [4.78, 5) is 9.69. The molecule has 1 saturated heterocycles. The van der Waals surface area contributed by atoms with Gasteiger partial charge in [-0.1, -0.05) is 38.1 Å². The molecule has 1 atom stereocenters. The van der Waals surface area contributed by atoms with Crippen LogP contribution in [0, 0.1) is 5.92 Å². The Kier molecular flexibility index (Phi) is 14.3. The Bertz CT molecular complexity index is 593. The van der Waals surface area contributed by atoms with Crippen LogP contribution < -0.4 is 5.32 Å². The quantitative estimate of drug-likeness (QED) is 0.193. The van der Waals surface area contributed by atoms with E-state index in [9.17, 15) is 0 Å². The number of likely N-dealkylation sites (tertiary alicyclic amines) is 1. The molecular formula is C23H41IN4O2. The second-order valence-corrected chi connectivity index (χ2v) is 7.62. The third-order valence-corrected chi connectivity index (χ3v) is 5.44. The van der Waals surface area contributed by atoms with Gasteiger partial charge in [0.15, 0.2) is 5.96 Å². The van der Waals surface area contributed by atoms with Crippen molar-refractivity contribution in [3.63, 3.8) is 0 Å². The zero-order valence-corrected chi connectivity index (χ0v) is 21.6. The average molecular weight is 533 g/mol. The first kappa shape index (κ1) is 27.1. The zero-order valence-electron chi connectivity index (χ0n) is 19.2. The number of guanidine groups is 1. The smallest absolute Gasteiger partial charge is 0.194 e. The summed E-state index contributed by atoms with van der Waals surface area (Å²) in [5.41, 5.74) is 2.62. The van der Waals surface area contributed by atoms with E-state index >= 15 is 0 Å². The zero-order chi connectivity index (χ0) is 20.9. The van der Waals surface area contributed by atoms with E-state index in [1.54, 1.807) is 7.11 Å². The number of nitrogens with one attached hydrogen (secondary N) is 1. The Hall–Kier alpha value is -0.900. The summed E-state index contributed by atoms with van der Waals surface area (Å²) >= 11 is 0. The average Bonchev–Trinajstić information content (AvgIpc) is 3.22. The number of benzene rings is 1. The second-order valence-electron chi connectivity index (χ2n) is 7.62. The molecule has 1 N–H and O–H groups in total. The monoisotopic (exact) mass is 532 g/mol. The molecule has 1 aromatic rings. The summed E-state index contributed by atoms with van der Waals surface area (Å²) in [6.07, 6.45) is 1.15. The van der Waals surface area contributed by atoms with E-state index in [0.29, 0.717) is 25.7 Å². The largest absolute Gasteiger partial charge is 0.382 e. The highest BCUT2D eigenvalue weighted by Gasteiger charge is 2.24. The molecule has 2 rings (SSSR count). The van der Waals surface area contributed by atoms with Crippen LogP contribution in [0.15, 0.2) is 29.3 Å². The van der Waals surface area contributed by atoms with Crippen molar-refractivity contribution >= 4 is 29.9 Å². The molecule has 1 fully saturated rings. The van der Waals surface area contributed by atoms with Crippen LogP contribution in [-0.4, -0.2) is 75.4 Å². The summed E-state index contributed by atoms with van der Waals surface area (Å²) in [5.74, 6) is 1.58. The molecule has 0 spiro atoms. The fourth-order valence-electron chi connectivity index (χ4n) is 3.60. The molecule has 0 aliphatic carbocycles. The number of ether oxygens (including phenoxy) is 2. The molecule has 1 aliphatic rings. The summed E-state index contributed by atoms with van der Waals surface area (Å²) in [6.45, 7) is 15.5. The Morgan fingerprint density at radius 3 is 2.47 bits per heavy atom. The molecule has 0 saturated carbocycles. The van der Waals surface area contributed by atoms with E-state index in [-0.39, 0.29) is 24.0 Å². The number of hydrogen-bond acceptors (Lipinski definition) is 4. The maximum absolute atomic E-state index is 5.71. The summed E-state index contributed by atoms with van der Waals surface area (Å²) in [7, 11) is 1.71. The first-order valence-electron chi connectivity index (χ1n) is 11.1. The fourth-order valence-corrected chi connectivity index (χ4v) is 3.60. The van der Waals surface area contributed by atoms with Crippen LogP contribution in [0.4, 0.5) is 0 Å². The Labute approximate surface area is 200 Å². The molecule has 0 aromatic heterocycles. The minimum Gasteiger partial charge on any atom is -0.382 e. The minimum atomic E-state index is 0. The Morgan fingerprint density at radius 1 is 1.13 bits per heavy atom. The maximum Gasteiger partial charge on any atom is 0.194 e. The molecule has 1 unspecified atom stereocenters. The van der Waals surface area contributed by atoms with E-state index in [1.165, 1.54) is 11.1 Å². The minimum absolute atomic E-state index is 0. The third kappa shape index (κ3) is 9.49. The van der Waals surface area contributed by atoms with Gasteiger partial charge in [0.1, 0.15) is 0 Å². The van der Waals surface area contributed by atoms with E-state index in [0.717, 1.165) is 58.3 Å². The van der Waals surface area contributed by atoms with E-state index in [4.69, 9.17) is 14.5 Å². The normalized spacial score (nSPS) is 16.8. The predicted octanol–water partition coefficient (Wildman–Crippen LogP) is 3.60. The van der Waals surface area contributed by atoms with Gasteiger partial charge in [0.2, 0.25) is 0 Å². The molecule has 1 aliphatic heterocycles. The number of rotatable bonds is 12. The van der Waals surface area contributed by atoms with Crippen LogP contribution in [0.5, 0.6) is 0 Å². The van der Waals surface area contributed by atoms with Crippen LogP contribution in [0.1, 0.15) is 38.3 Å². The molecule has 0 bridgehead atoms. The topological polar surface area (TPSA) is 49.3 Å². The van der Waals surface area contributed by atoms with Crippen LogP contribution in [0.2, 0.25) is 0 Å². The molecule has 6 nitrogen and oxygen atoms in total. The van der Waals surface area contributed by atoms with Crippen molar-refractivity contribution < 1.29 is 9.47 Å². The number of hydrogen-bond donors (Lipinski definition) is 1. The van der Waals surface area contributed by atoms with E-state index < -0.39 is 0 Å². The molecular weight excluding hydrogens is 491 g/mol. The highest BCUT2D eigenvalue weighted by Crippen LogP contribution is 2.17. The van der Waals surface area contributed by atoms with Crippen LogP contribution in [0.3, 0.4) is 0 Å². The van der Waals surface area contributed by atoms with Gasteiger partial charge in [-0.2, -0.15) is 0 Å².